The summed E-state index contributed by atoms with van der Waals surface area (Å²) in [4.78, 5) is 0. The second kappa shape index (κ2) is 9.61. The zero-order valence-electron chi connectivity index (χ0n) is 12.8. The van der Waals surface area contributed by atoms with Crippen molar-refractivity contribution in [3.63, 3.8) is 0 Å². The lowest BCUT2D eigenvalue weighted by molar-refractivity contribution is 0.248. The van der Waals surface area contributed by atoms with Crippen molar-refractivity contribution < 1.29 is 14.6 Å². The molecule has 1 atom stereocenters. The van der Waals surface area contributed by atoms with E-state index in [1.807, 2.05) is 18.2 Å². The van der Waals surface area contributed by atoms with Gasteiger partial charge in [-0.3, -0.25) is 0 Å². The number of hydrogen-bond acceptors (Lipinski definition) is 4. The number of nitrogens with one attached hydrogen (secondary N) is 1. The Hall–Kier alpha value is -1.26. The van der Waals surface area contributed by atoms with Gasteiger partial charge in [-0.15, -0.1) is 0 Å². The quantitative estimate of drug-likeness (QED) is 0.692. The minimum absolute atomic E-state index is 0.259. The van der Waals surface area contributed by atoms with Crippen LogP contribution >= 0.6 is 0 Å². The summed E-state index contributed by atoms with van der Waals surface area (Å²) < 4.78 is 10.7. The molecule has 1 aromatic rings. The van der Waals surface area contributed by atoms with Crippen molar-refractivity contribution in [1.29, 1.82) is 0 Å². The second-order valence-corrected chi connectivity index (χ2v) is 4.95. The monoisotopic (exact) mass is 281 g/mol. The van der Waals surface area contributed by atoms with Gasteiger partial charge in [0.2, 0.25) is 0 Å². The Morgan fingerprint density at radius 2 is 2.00 bits per heavy atom. The third-order valence-corrected chi connectivity index (χ3v) is 3.47. The highest BCUT2D eigenvalue weighted by Gasteiger charge is 2.10. The molecule has 0 fully saturated rings. The molecule has 1 aromatic carbocycles. The number of ether oxygens (including phenoxy) is 2. The van der Waals surface area contributed by atoms with Gasteiger partial charge in [0.05, 0.1) is 14.2 Å². The Kier molecular flexibility index (Phi) is 8.07. The summed E-state index contributed by atoms with van der Waals surface area (Å²) in [6.07, 6.45) is 3.15. The molecule has 20 heavy (non-hydrogen) atoms. The van der Waals surface area contributed by atoms with Gasteiger partial charge in [0.25, 0.3) is 0 Å². The van der Waals surface area contributed by atoms with Crippen LogP contribution in [0.2, 0.25) is 0 Å². The van der Waals surface area contributed by atoms with Crippen molar-refractivity contribution in [3.05, 3.63) is 23.8 Å². The maximum absolute atomic E-state index is 9.07. The van der Waals surface area contributed by atoms with Crippen molar-refractivity contribution >= 4 is 0 Å². The highest BCUT2D eigenvalue weighted by molar-refractivity contribution is 5.46. The van der Waals surface area contributed by atoms with Gasteiger partial charge in [-0.1, -0.05) is 25.5 Å². The Balaban J connectivity index is 2.56. The van der Waals surface area contributed by atoms with Crippen LogP contribution in [0.3, 0.4) is 0 Å². The minimum Gasteiger partial charge on any atom is -0.493 e. The Bertz CT molecular complexity index is 376. The Morgan fingerprint density at radius 1 is 1.20 bits per heavy atom. The Morgan fingerprint density at radius 3 is 2.60 bits per heavy atom. The first kappa shape index (κ1) is 16.8. The molecule has 114 valence electrons. The normalized spacial score (nSPS) is 12.2. The maximum Gasteiger partial charge on any atom is 0.165 e. The van der Waals surface area contributed by atoms with Crippen molar-refractivity contribution in [1.82, 2.24) is 5.32 Å². The standard InChI is InChI=1S/C16H27NO3/c1-4-6-13(9-10-18)11-17-12-14-7-5-8-15(19-2)16(14)20-3/h5,7-8,13,17-18H,4,6,9-12H2,1-3H3. The molecule has 2 N–H and O–H groups in total. The SMILES string of the molecule is CCCC(CCO)CNCc1cccc(OC)c1OC. The van der Waals surface area contributed by atoms with E-state index in [-0.39, 0.29) is 6.61 Å². The van der Waals surface area contributed by atoms with E-state index in [2.05, 4.69) is 12.2 Å². The molecule has 0 aliphatic carbocycles. The lowest BCUT2D eigenvalue weighted by atomic mass is 10.00. The van der Waals surface area contributed by atoms with Crippen molar-refractivity contribution in [2.24, 2.45) is 5.92 Å². The molecule has 0 spiro atoms. The molecule has 0 saturated carbocycles. The summed E-state index contributed by atoms with van der Waals surface area (Å²) in [6, 6.07) is 5.90. The molecule has 0 radical (unpaired) electrons. The van der Waals surface area contributed by atoms with E-state index in [1.165, 1.54) is 0 Å². The zero-order chi connectivity index (χ0) is 14.8. The van der Waals surface area contributed by atoms with Crippen LogP contribution in [-0.2, 0) is 6.54 Å². The van der Waals surface area contributed by atoms with Crippen LogP contribution in [0.5, 0.6) is 11.5 Å². The molecule has 1 unspecified atom stereocenters. The highest BCUT2D eigenvalue weighted by atomic mass is 16.5. The summed E-state index contributed by atoms with van der Waals surface area (Å²) in [7, 11) is 3.31. The maximum atomic E-state index is 9.07. The van der Waals surface area contributed by atoms with Crippen molar-refractivity contribution in [2.45, 2.75) is 32.7 Å². The molecular formula is C16H27NO3. The third-order valence-electron chi connectivity index (χ3n) is 3.47. The van der Waals surface area contributed by atoms with Crippen LogP contribution in [0.25, 0.3) is 0 Å². The molecule has 4 nitrogen and oxygen atoms in total. The minimum atomic E-state index is 0.259. The number of aliphatic hydroxyl groups excluding tert-OH is 1. The first-order chi connectivity index (χ1) is 9.76. The predicted octanol–water partition coefficient (Wildman–Crippen LogP) is 2.59. The fourth-order valence-corrected chi connectivity index (χ4v) is 2.44. The van der Waals surface area contributed by atoms with Crippen LogP contribution < -0.4 is 14.8 Å². The topological polar surface area (TPSA) is 50.7 Å². The Labute approximate surface area is 122 Å². The number of methoxy groups -OCH3 is 2. The molecule has 4 heteroatoms. The molecule has 0 aliphatic heterocycles. The number of rotatable bonds is 10. The van der Waals surface area contributed by atoms with Gasteiger partial charge in [0.1, 0.15) is 0 Å². The van der Waals surface area contributed by atoms with Gasteiger partial charge in [-0.2, -0.15) is 0 Å². The molecule has 0 bridgehead atoms. The zero-order valence-corrected chi connectivity index (χ0v) is 12.8. The van der Waals surface area contributed by atoms with Gasteiger partial charge in [0.15, 0.2) is 11.5 Å². The predicted molar refractivity (Wildman–Crippen MR) is 81.4 cm³/mol. The van der Waals surface area contributed by atoms with Gasteiger partial charge >= 0.3 is 0 Å². The molecule has 0 aromatic heterocycles. The van der Waals surface area contributed by atoms with Crippen molar-refractivity contribution in [3.8, 4) is 11.5 Å². The van der Waals surface area contributed by atoms with E-state index in [0.29, 0.717) is 5.92 Å². The average Bonchev–Trinajstić information content (AvgIpc) is 2.47. The van der Waals surface area contributed by atoms with E-state index in [1.54, 1.807) is 14.2 Å². The number of hydrogen-bond donors (Lipinski definition) is 2. The van der Waals surface area contributed by atoms with Gasteiger partial charge < -0.3 is 19.9 Å². The van der Waals surface area contributed by atoms with E-state index in [0.717, 1.165) is 49.4 Å². The number of aliphatic hydroxyl groups is 1. The largest absolute Gasteiger partial charge is 0.493 e. The van der Waals surface area contributed by atoms with Crippen LogP contribution in [0.4, 0.5) is 0 Å². The van der Waals surface area contributed by atoms with E-state index in [4.69, 9.17) is 14.6 Å². The van der Waals surface area contributed by atoms with E-state index < -0.39 is 0 Å². The highest BCUT2D eigenvalue weighted by Crippen LogP contribution is 2.30. The summed E-state index contributed by atoms with van der Waals surface area (Å²) >= 11 is 0. The third kappa shape index (κ3) is 5.02. The van der Waals surface area contributed by atoms with Gasteiger partial charge in [0, 0.05) is 18.7 Å². The smallest absolute Gasteiger partial charge is 0.165 e. The molecule has 0 amide bonds. The van der Waals surface area contributed by atoms with Crippen LogP contribution in [0.15, 0.2) is 18.2 Å². The molecule has 1 rings (SSSR count). The van der Waals surface area contributed by atoms with Crippen LogP contribution in [-0.4, -0.2) is 32.5 Å². The molecule has 0 heterocycles. The number of para-hydroxylation sites is 1. The van der Waals surface area contributed by atoms with Crippen LogP contribution in [0, 0.1) is 5.92 Å². The van der Waals surface area contributed by atoms with E-state index >= 15 is 0 Å². The lowest BCUT2D eigenvalue weighted by Crippen LogP contribution is -2.23. The number of benzene rings is 1. The van der Waals surface area contributed by atoms with Gasteiger partial charge in [-0.05, 0) is 31.4 Å². The average molecular weight is 281 g/mol. The van der Waals surface area contributed by atoms with E-state index in [9.17, 15) is 0 Å². The van der Waals surface area contributed by atoms with Crippen molar-refractivity contribution in [2.75, 3.05) is 27.4 Å². The summed E-state index contributed by atoms with van der Waals surface area (Å²) in [5.41, 5.74) is 1.09. The molecular weight excluding hydrogens is 254 g/mol. The fourth-order valence-electron chi connectivity index (χ4n) is 2.44. The lowest BCUT2D eigenvalue weighted by Gasteiger charge is -2.17. The molecule has 0 aliphatic rings. The molecule has 0 saturated heterocycles. The second-order valence-electron chi connectivity index (χ2n) is 4.95. The van der Waals surface area contributed by atoms with Crippen LogP contribution in [0.1, 0.15) is 31.7 Å². The van der Waals surface area contributed by atoms with Gasteiger partial charge in [-0.25, -0.2) is 0 Å². The summed E-state index contributed by atoms with van der Waals surface area (Å²) in [6.45, 7) is 4.09. The summed E-state index contributed by atoms with van der Waals surface area (Å²) in [5, 5.41) is 12.5. The fraction of sp³-hybridized carbons (Fsp3) is 0.625. The summed E-state index contributed by atoms with van der Waals surface area (Å²) in [5.74, 6) is 2.07. The first-order valence-corrected chi connectivity index (χ1v) is 7.28. The first-order valence-electron chi connectivity index (χ1n) is 7.28.